The fourth-order valence-electron chi connectivity index (χ4n) is 1.73. The third kappa shape index (κ3) is 2.48. The molecule has 0 unspecified atom stereocenters. The molecule has 0 aliphatic heterocycles. The number of methoxy groups -OCH3 is 1. The summed E-state index contributed by atoms with van der Waals surface area (Å²) in [5, 5.41) is 0. The van der Waals surface area contributed by atoms with Crippen molar-refractivity contribution in [1.82, 2.24) is 0 Å². The van der Waals surface area contributed by atoms with Gasteiger partial charge in [-0.3, -0.25) is 0 Å². The maximum atomic E-state index is 11.6. The molecule has 2 rings (SSSR count). The summed E-state index contributed by atoms with van der Waals surface area (Å²) in [5.41, 5.74) is 1.43. The molecule has 0 fully saturated rings. The fourth-order valence-corrected chi connectivity index (χ4v) is 1.99. The molecule has 0 amide bonds. The Morgan fingerprint density at radius 2 is 2.00 bits per heavy atom. The van der Waals surface area contributed by atoms with Gasteiger partial charge in [0.15, 0.2) is 0 Å². The molecule has 0 radical (unpaired) electrons. The molecule has 94 valence electrons. The van der Waals surface area contributed by atoms with E-state index in [0.29, 0.717) is 23.5 Å². The summed E-state index contributed by atoms with van der Waals surface area (Å²) >= 11 is 3.38. The Balaban J connectivity index is 2.43. The molecule has 0 bridgehead atoms. The molecule has 0 N–H and O–H groups in total. The predicted molar refractivity (Wildman–Crippen MR) is 72.6 cm³/mol. The van der Waals surface area contributed by atoms with Crippen molar-refractivity contribution < 1.29 is 13.9 Å². The van der Waals surface area contributed by atoms with Gasteiger partial charge in [0, 0.05) is 16.5 Å². The Labute approximate surface area is 114 Å². The summed E-state index contributed by atoms with van der Waals surface area (Å²) in [6, 6.07) is 9.46. The van der Waals surface area contributed by atoms with Gasteiger partial charge < -0.3 is 9.15 Å². The van der Waals surface area contributed by atoms with Crippen LogP contribution in [-0.2, 0) is 11.2 Å². The van der Waals surface area contributed by atoms with Gasteiger partial charge in [0.2, 0.25) is 0 Å². The Bertz CT molecular complexity index is 555. The lowest BCUT2D eigenvalue weighted by Crippen LogP contribution is -2.02. The van der Waals surface area contributed by atoms with Gasteiger partial charge >= 0.3 is 5.97 Å². The summed E-state index contributed by atoms with van der Waals surface area (Å²) in [6.45, 7) is 1.94. The number of furan rings is 1. The number of benzene rings is 1. The maximum absolute atomic E-state index is 11.6. The van der Waals surface area contributed by atoms with Gasteiger partial charge in [0.25, 0.3) is 0 Å². The second-order valence-corrected chi connectivity index (χ2v) is 4.72. The van der Waals surface area contributed by atoms with E-state index in [-0.39, 0.29) is 5.97 Å². The molecule has 3 nitrogen and oxygen atoms in total. The highest BCUT2D eigenvalue weighted by molar-refractivity contribution is 9.10. The second-order valence-electron chi connectivity index (χ2n) is 3.80. The van der Waals surface area contributed by atoms with Crippen LogP contribution in [0.1, 0.15) is 23.0 Å². The average molecular weight is 309 g/mol. The Morgan fingerprint density at radius 1 is 1.33 bits per heavy atom. The van der Waals surface area contributed by atoms with Crippen LogP contribution >= 0.6 is 15.9 Å². The van der Waals surface area contributed by atoms with Crippen molar-refractivity contribution in [3.05, 3.63) is 46.1 Å². The molecule has 2 aromatic rings. The van der Waals surface area contributed by atoms with Crippen molar-refractivity contribution in [2.45, 2.75) is 13.3 Å². The van der Waals surface area contributed by atoms with Crippen LogP contribution < -0.4 is 0 Å². The third-order valence-corrected chi connectivity index (χ3v) is 3.19. The second kappa shape index (κ2) is 5.40. The number of hydrogen-bond acceptors (Lipinski definition) is 3. The van der Waals surface area contributed by atoms with Gasteiger partial charge in [-0.05, 0) is 18.2 Å². The summed E-state index contributed by atoms with van der Waals surface area (Å²) in [6.07, 6.45) is 0.654. The molecule has 1 aromatic heterocycles. The van der Waals surface area contributed by atoms with Crippen LogP contribution in [0.25, 0.3) is 11.3 Å². The van der Waals surface area contributed by atoms with Crippen LogP contribution in [0.2, 0.25) is 0 Å². The minimum Gasteiger partial charge on any atom is -0.465 e. The van der Waals surface area contributed by atoms with Gasteiger partial charge in [0.05, 0.1) is 7.11 Å². The molecule has 0 atom stereocenters. The first-order valence-corrected chi connectivity index (χ1v) is 6.42. The number of halogens is 1. The van der Waals surface area contributed by atoms with Gasteiger partial charge in [-0.15, -0.1) is 0 Å². The zero-order valence-electron chi connectivity index (χ0n) is 10.2. The van der Waals surface area contributed by atoms with Gasteiger partial charge in [-0.25, -0.2) is 4.79 Å². The minimum absolute atomic E-state index is 0.362. The van der Waals surface area contributed by atoms with Crippen LogP contribution in [0.5, 0.6) is 0 Å². The standard InChI is InChI=1S/C14H13BrO3/c1-3-12-11(14(16)17-2)8-13(18-12)9-4-6-10(15)7-5-9/h4-8H,3H2,1-2H3. The molecule has 0 spiro atoms. The first-order valence-electron chi connectivity index (χ1n) is 5.62. The number of aryl methyl sites for hydroxylation is 1. The smallest absolute Gasteiger partial charge is 0.341 e. The zero-order valence-corrected chi connectivity index (χ0v) is 11.8. The van der Waals surface area contributed by atoms with E-state index >= 15 is 0 Å². The topological polar surface area (TPSA) is 39.4 Å². The number of rotatable bonds is 3. The average Bonchev–Trinajstić information content (AvgIpc) is 2.82. The molecule has 1 heterocycles. The first kappa shape index (κ1) is 12.9. The SMILES string of the molecule is CCc1oc(-c2ccc(Br)cc2)cc1C(=O)OC. The molecule has 18 heavy (non-hydrogen) atoms. The van der Waals surface area contributed by atoms with Crippen molar-refractivity contribution in [2.24, 2.45) is 0 Å². The third-order valence-electron chi connectivity index (χ3n) is 2.66. The minimum atomic E-state index is -0.362. The summed E-state index contributed by atoms with van der Waals surface area (Å²) in [4.78, 5) is 11.6. The molecule has 1 aromatic carbocycles. The number of hydrogen-bond donors (Lipinski definition) is 0. The number of ether oxygens (including phenoxy) is 1. The normalized spacial score (nSPS) is 10.4. The van der Waals surface area contributed by atoms with E-state index in [4.69, 9.17) is 9.15 Å². The molecular weight excluding hydrogens is 296 g/mol. The van der Waals surface area contributed by atoms with E-state index in [9.17, 15) is 4.79 Å². The Hall–Kier alpha value is -1.55. The maximum Gasteiger partial charge on any atom is 0.341 e. The summed E-state index contributed by atoms with van der Waals surface area (Å²) in [7, 11) is 1.37. The lowest BCUT2D eigenvalue weighted by Gasteiger charge is -1.97. The van der Waals surface area contributed by atoms with Crippen molar-refractivity contribution in [3.63, 3.8) is 0 Å². The first-order chi connectivity index (χ1) is 8.65. The monoisotopic (exact) mass is 308 g/mol. The van der Waals surface area contributed by atoms with Crippen LogP contribution in [0, 0.1) is 0 Å². The molecule has 0 saturated carbocycles. The van der Waals surface area contributed by atoms with Gasteiger partial charge in [-0.1, -0.05) is 35.0 Å². The molecule has 0 saturated heterocycles. The van der Waals surface area contributed by atoms with Gasteiger partial charge in [0.1, 0.15) is 17.1 Å². The number of esters is 1. The van der Waals surface area contributed by atoms with Crippen LogP contribution in [0.4, 0.5) is 0 Å². The quantitative estimate of drug-likeness (QED) is 0.803. The Morgan fingerprint density at radius 3 is 2.56 bits per heavy atom. The van der Waals surface area contributed by atoms with Crippen molar-refractivity contribution in [3.8, 4) is 11.3 Å². The highest BCUT2D eigenvalue weighted by Gasteiger charge is 2.17. The number of carbonyl (C=O) groups excluding carboxylic acids is 1. The lowest BCUT2D eigenvalue weighted by atomic mass is 10.1. The largest absolute Gasteiger partial charge is 0.465 e. The van der Waals surface area contributed by atoms with E-state index < -0.39 is 0 Å². The Kier molecular flexibility index (Phi) is 3.87. The van der Waals surface area contributed by atoms with Crippen molar-refractivity contribution in [1.29, 1.82) is 0 Å². The summed E-state index contributed by atoms with van der Waals surface area (Å²) < 4.78 is 11.4. The lowest BCUT2D eigenvalue weighted by molar-refractivity contribution is 0.0598. The van der Waals surface area contributed by atoms with Crippen LogP contribution in [0.15, 0.2) is 39.2 Å². The number of carbonyl (C=O) groups is 1. The van der Waals surface area contributed by atoms with E-state index in [1.165, 1.54) is 7.11 Å². The van der Waals surface area contributed by atoms with E-state index in [2.05, 4.69) is 15.9 Å². The zero-order chi connectivity index (χ0) is 13.1. The van der Waals surface area contributed by atoms with Crippen LogP contribution in [0.3, 0.4) is 0 Å². The molecule has 0 aliphatic carbocycles. The molecule has 0 aliphatic rings. The van der Waals surface area contributed by atoms with Crippen LogP contribution in [-0.4, -0.2) is 13.1 Å². The van der Waals surface area contributed by atoms with Crippen molar-refractivity contribution >= 4 is 21.9 Å². The molecule has 4 heteroatoms. The highest BCUT2D eigenvalue weighted by Crippen LogP contribution is 2.27. The predicted octanol–water partition coefficient (Wildman–Crippen LogP) is 4.06. The van der Waals surface area contributed by atoms with Crippen molar-refractivity contribution in [2.75, 3.05) is 7.11 Å². The van der Waals surface area contributed by atoms with E-state index in [1.54, 1.807) is 6.07 Å². The molecular formula is C14H13BrO3. The highest BCUT2D eigenvalue weighted by atomic mass is 79.9. The van der Waals surface area contributed by atoms with Gasteiger partial charge in [-0.2, -0.15) is 0 Å². The fraction of sp³-hybridized carbons (Fsp3) is 0.214. The van der Waals surface area contributed by atoms with E-state index in [0.717, 1.165) is 10.0 Å². The van der Waals surface area contributed by atoms with E-state index in [1.807, 2.05) is 31.2 Å². The summed E-state index contributed by atoms with van der Waals surface area (Å²) in [5.74, 6) is 0.971.